The maximum atomic E-state index is 12.6. The standard InChI is InChI=1S/C20H19ClN4O2/c1-12-5-4-6-14(9-12)23-20-22-8-7-16(25-20)19(26)24-17-10-13(2)15(21)11-18(17)27-3/h4-11H,1-3H3,(H,24,26)(H,22,23,25). The molecule has 3 aromatic rings. The molecule has 1 amide bonds. The number of benzene rings is 2. The van der Waals surface area contributed by atoms with Crippen LogP contribution in [0.1, 0.15) is 21.6 Å². The molecule has 1 heterocycles. The van der Waals surface area contributed by atoms with E-state index in [2.05, 4.69) is 20.6 Å². The first-order valence-corrected chi connectivity index (χ1v) is 8.66. The topological polar surface area (TPSA) is 76.1 Å². The molecule has 0 unspecified atom stereocenters. The number of halogens is 1. The highest BCUT2D eigenvalue weighted by atomic mass is 35.5. The lowest BCUT2D eigenvalue weighted by Crippen LogP contribution is -2.15. The lowest BCUT2D eigenvalue weighted by atomic mass is 10.2. The van der Waals surface area contributed by atoms with E-state index in [-0.39, 0.29) is 11.6 Å². The predicted molar refractivity (Wildman–Crippen MR) is 107 cm³/mol. The first kappa shape index (κ1) is 18.7. The van der Waals surface area contributed by atoms with Gasteiger partial charge in [0.1, 0.15) is 11.4 Å². The van der Waals surface area contributed by atoms with Crippen molar-refractivity contribution in [1.82, 2.24) is 9.97 Å². The number of amides is 1. The molecule has 138 valence electrons. The molecule has 0 fully saturated rings. The third-order valence-corrected chi connectivity index (χ3v) is 4.30. The van der Waals surface area contributed by atoms with Crippen LogP contribution in [0.15, 0.2) is 48.7 Å². The quantitative estimate of drug-likeness (QED) is 0.665. The fourth-order valence-electron chi connectivity index (χ4n) is 2.51. The van der Waals surface area contributed by atoms with Gasteiger partial charge in [0.05, 0.1) is 12.8 Å². The Kier molecular flexibility index (Phi) is 5.57. The summed E-state index contributed by atoms with van der Waals surface area (Å²) in [6.07, 6.45) is 1.53. The second-order valence-electron chi connectivity index (χ2n) is 6.02. The van der Waals surface area contributed by atoms with Gasteiger partial charge >= 0.3 is 0 Å². The molecule has 27 heavy (non-hydrogen) atoms. The average molecular weight is 383 g/mol. The number of rotatable bonds is 5. The molecular formula is C20H19ClN4O2. The van der Waals surface area contributed by atoms with Gasteiger partial charge in [0, 0.05) is 23.0 Å². The Hall–Kier alpha value is -3.12. The number of anilines is 3. The molecule has 7 heteroatoms. The first-order chi connectivity index (χ1) is 13.0. The number of aryl methyl sites for hydroxylation is 2. The zero-order valence-electron chi connectivity index (χ0n) is 15.2. The van der Waals surface area contributed by atoms with E-state index in [1.165, 1.54) is 13.3 Å². The van der Waals surface area contributed by atoms with Crippen molar-refractivity contribution in [3.05, 3.63) is 70.5 Å². The molecule has 2 aromatic carbocycles. The Labute approximate surface area is 162 Å². The Morgan fingerprint density at radius 2 is 1.96 bits per heavy atom. The van der Waals surface area contributed by atoms with Crippen molar-refractivity contribution in [2.75, 3.05) is 17.7 Å². The molecule has 1 aromatic heterocycles. The van der Waals surface area contributed by atoms with Crippen LogP contribution in [0.25, 0.3) is 0 Å². The zero-order valence-corrected chi connectivity index (χ0v) is 16.0. The van der Waals surface area contributed by atoms with Gasteiger partial charge in [-0.1, -0.05) is 23.7 Å². The number of nitrogens with zero attached hydrogens (tertiary/aromatic N) is 2. The van der Waals surface area contributed by atoms with Crippen LogP contribution in [0.4, 0.5) is 17.3 Å². The maximum absolute atomic E-state index is 12.6. The molecule has 2 N–H and O–H groups in total. The molecule has 0 aliphatic rings. The van der Waals surface area contributed by atoms with Crippen LogP contribution in [0.3, 0.4) is 0 Å². The van der Waals surface area contributed by atoms with Crippen LogP contribution in [0, 0.1) is 13.8 Å². The summed E-state index contributed by atoms with van der Waals surface area (Å²) in [6.45, 7) is 3.85. The molecule has 0 spiro atoms. The van der Waals surface area contributed by atoms with E-state index in [4.69, 9.17) is 16.3 Å². The third-order valence-electron chi connectivity index (χ3n) is 3.89. The molecule has 0 atom stereocenters. The summed E-state index contributed by atoms with van der Waals surface area (Å²) in [4.78, 5) is 21.1. The minimum Gasteiger partial charge on any atom is -0.495 e. The summed E-state index contributed by atoms with van der Waals surface area (Å²) in [5.41, 5.74) is 3.55. The van der Waals surface area contributed by atoms with Gasteiger partial charge in [-0.25, -0.2) is 9.97 Å². The second-order valence-corrected chi connectivity index (χ2v) is 6.42. The molecule has 3 rings (SSSR count). The predicted octanol–water partition coefficient (Wildman–Crippen LogP) is 4.75. The summed E-state index contributed by atoms with van der Waals surface area (Å²) >= 11 is 6.11. The van der Waals surface area contributed by atoms with Gasteiger partial charge in [-0.15, -0.1) is 0 Å². The SMILES string of the molecule is COc1cc(Cl)c(C)cc1NC(=O)c1ccnc(Nc2cccc(C)c2)n1. The number of carbonyl (C=O) groups excluding carboxylic acids is 1. The number of aromatic nitrogens is 2. The van der Waals surface area contributed by atoms with Crippen molar-refractivity contribution in [1.29, 1.82) is 0 Å². The van der Waals surface area contributed by atoms with E-state index < -0.39 is 0 Å². The minimum atomic E-state index is -0.371. The summed E-state index contributed by atoms with van der Waals surface area (Å²) in [5, 5.41) is 6.47. The van der Waals surface area contributed by atoms with Crippen LogP contribution in [0.5, 0.6) is 5.75 Å². The molecule has 0 saturated carbocycles. The van der Waals surface area contributed by atoms with Gasteiger partial charge in [-0.3, -0.25) is 4.79 Å². The zero-order chi connectivity index (χ0) is 19.4. The number of methoxy groups -OCH3 is 1. The van der Waals surface area contributed by atoms with Crippen LogP contribution >= 0.6 is 11.6 Å². The lowest BCUT2D eigenvalue weighted by Gasteiger charge is -2.12. The molecule has 6 nitrogen and oxygen atoms in total. The highest BCUT2D eigenvalue weighted by Crippen LogP contribution is 2.31. The lowest BCUT2D eigenvalue weighted by molar-refractivity contribution is 0.102. The summed E-state index contributed by atoms with van der Waals surface area (Å²) in [5.74, 6) is 0.448. The normalized spacial score (nSPS) is 10.4. The first-order valence-electron chi connectivity index (χ1n) is 8.28. The maximum Gasteiger partial charge on any atom is 0.274 e. The van der Waals surface area contributed by atoms with Gasteiger partial charge in [0.15, 0.2) is 0 Å². The fraction of sp³-hybridized carbons (Fsp3) is 0.150. The molecule has 0 aliphatic carbocycles. The van der Waals surface area contributed by atoms with Crippen molar-refractivity contribution < 1.29 is 9.53 Å². The number of nitrogens with one attached hydrogen (secondary N) is 2. The van der Waals surface area contributed by atoms with Crippen molar-refractivity contribution in [3.63, 3.8) is 0 Å². The number of hydrogen-bond acceptors (Lipinski definition) is 5. The van der Waals surface area contributed by atoms with E-state index in [9.17, 15) is 4.79 Å². The number of ether oxygens (including phenoxy) is 1. The van der Waals surface area contributed by atoms with Crippen LogP contribution in [-0.2, 0) is 0 Å². The largest absolute Gasteiger partial charge is 0.495 e. The van der Waals surface area contributed by atoms with Gasteiger partial charge in [0.25, 0.3) is 5.91 Å². The van der Waals surface area contributed by atoms with Crippen molar-refractivity contribution >= 4 is 34.8 Å². The molecule has 0 bridgehead atoms. The third kappa shape index (κ3) is 4.54. The Balaban J connectivity index is 1.81. The van der Waals surface area contributed by atoms with Gasteiger partial charge in [0.2, 0.25) is 5.95 Å². The van der Waals surface area contributed by atoms with Crippen molar-refractivity contribution in [2.24, 2.45) is 0 Å². The summed E-state index contributed by atoms with van der Waals surface area (Å²) in [7, 11) is 1.52. The Bertz CT molecular complexity index is 991. The summed E-state index contributed by atoms with van der Waals surface area (Å²) < 4.78 is 5.29. The van der Waals surface area contributed by atoms with E-state index in [1.54, 1.807) is 18.2 Å². The average Bonchev–Trinajstić information content (AvgIpc) is 2.64. The van der Waals surface area contributed by atoms with E-state index in [0.717, 1.165) is 16.8 Å². The van der Waals surface area contributed by atoms with Crippen molar-refractivity contribution in [2.45, 2.75) is 13.8 Å². The van der Waals surface area contributed by atoms with Crippen LogP contribution in [-0.4, -0.2) is 23.0 Å². The number of hydrogen-bond donors (Lipinski definition) is 2. The van der Waals surface area contributed by atoms with E-state index >= 15 is 0 Å². The highest BCUT2D eigenvalue weighted by molar-refractivity contribution is 6.31. The molecule has 0 aliphatic heterocycles. The molecule has 0 saturated heterocycles. The fourth-order valence-corrected chi connectivity index (χ4v) is 2.67. The number of carbonyl (C=O) groups is 1. The van der Waals surface area contributed by atoms with E-state index in [1.807, 2.05) is 38.1 Å². The smallest absolute Gasteiger partial charge is 0.274 e. The van der Waals surface area contributed by atoms with Crippen LogP contribution in [0.2, 0.25) is 5.02 Å². The Morgan fingerprint density at radius 1 is 1.15 bits per heavy atom. The van der Waals surface area contributed by atoms with Crippen LogP contribution < -0.4 is 15.4 Å². The molecule has 0 radical (unpaired) electrons. The van der Waals surface area contributed by atoms with E-state index in [0.29, 0.717) is 22.4 Å². The molecular weight excluding hydrogens is 364 g/mol. The minimum absolute atomic E-state index is 0.231. The van der Waals surface area contributed by atoms with Gasteiger partial charge < -0.3 is 15.4 Å². The summed E-state index contributed by atoms with van der Waals surface area (Å²) in [6, 6.07) is 12.8. The highest BCUT2D eigenvalue weighted by Gasteiger charge is 2.14. The van der Waals surface area contributed by atoms with Crippen molar-refractivity contribution in [3.8, 4) is 5.75 Å². The Morgan fingerprint density at radius 3 is 2.70 bits per heavy atom. The van der Waals surface area contributed by atoms with Gasteiger partial charge in [-0.05, 0) is 49.2 Å². The second kappa shape index (κ2) is 8.05. The monoisotopic (exact) mass is 382 g/mol. The van der Waals surface area contributed by atoms with Gasteiger partial charge in [-0.2, -0.15) is 0 Å².